The lowest BCUT2D eigenvalue weighted by Crippen LogP contribution is -2.45. The van der Waals surface area contributed by atoms with E-state index in [0.717, 1.165) is 31.6 Å². The predicted octanol–water partition coefficient (Wildman–Crippen LogP) is 2.09. The molecule has 0 aliphatic carbocycles. The summed E-state index contributed by atoms with van der Waals surface area (Å²) in [6.07, 6.45) is 5.98. The van der Waals surface area contributed by atoms with E-state index >= 15 is 0 Å². The second-order valence-corrected chi connectivity index (χ2v) is 5.27. The van der Waals surface area contributed by atoms with Crippen LogP contribution in [0.4, 0.5) is 0 Å². The Hall–Kier alpha value is -0.830. The van der Waals surface area contributed by atoms with Gasteiger partial charge in [-0.05, 0) is 38.2 Å². The number of likely N-dealkylation sites (tertiary alicyclic amines) is 1. The number of piperidine rings is 1. The Labute approximate surface area is 104 Å². The third kappa shape index (κ3) is 2.71. The summed E-state index contributed by atoms with van der Waals surface area (Å²) in [5.74, 6) is 0.291. The van der Waals surface area contributed by atoms with E-state index in [1.165, 1.54) is 31.3 Å². The first-order valence-corrected chi connectivity index (χ1v) is 6.94. The van der Waals surface area contributed by atoms with Crippen LogP contribution in [0.3, 0.4) is 0 Å². The van der Waals surface area contributed by atoms with Crippen LogP contribution in [0.15, 0.2) is 11.1 Å². The third-order valence-corrected chi connectivity index (χ3v) is 4.04. The molecule has 1 amide bonds. The second-order valence-electron chi connectivity index (χ2n) is 5.27. The highest BCUT2D eigenvalue weighted by Crippen LogP contribution is 2.23. The van der Waals surface area contributed by atoms with Crippen LogP contribution >= 0.6 is 0 Å². The van der Waals surface area contributed by atoms with Crippen molar-refractivity contribution in [3.63, 3.8) is 0 Å². The number of hydrogen-bond acceptors (Lipinski definition) is 2. The number of rotatable bonds is 3. The average molecular weight is 236 g/mol. The molecule has 1 unspecified atom stereocenters. The summed E-state index contributed by atoms with van der Waals surface area (Å²) in [6.45, 7) is 6.98. The smallest absolute Gasteiger partial charge is 0.249 e. The van der Waals surface area contributed by atoms with Crippen molar-refractivity contribution in [2.24, 2.45) is 0 Å². The Morgan fingerprint density at radius 2 is 2.18 bits per heavy atom. The second kappa shape index (κ2) is 5.67. The SMILES string of the molecule is CCCC1CCCCN1C(=O)C(C)=C1CNC1. The molecule has 0 spiro atoms. The van der Waals surface area contributed by atoms with Crippen molar-refractivity contribution in [1.29, 1.82) is 0 Å². The Morgan fingerprint density at radius 3 is 2.76 bits per heavy atom. The van der Waals surface area contributed by atoms with Crippen molar-refractivity contribution in [1.82, 2.24) is 10.2 Å². The zero-order valence-corrected chi connectivity index (χ0v) is 11.1. The lowest BCUT2D eigenvalue weighted by molar-refractivity contribution is -0.130. The maximum absolute atomic E-state index is 12.5. The van der Waals surface area contributed by atoms with Crippen LogP contribution < -0.4 is 5.32 Å². The van der Waals surface area contributed by atoms with E-state index < -0.39 is 0 Å². The van der Waals surface area contributed by atoms with E-state index in [-0.39, 0.29) is 0 Å². The molecule has 1 atom stereocenters. The minimum atomic E-state index is 0.291. The van der Waals surface area contributed by atoms with E-state index in [4.69, 9.17) is 0 Å². The normalized spacial score (nSPS) is 24.5. The molecule has 3 heteroatoms. The number of nitrogens with one attached hydrogen (secondary N) is 1. The lowest BCUT2D eigenvalue weighted by atomic mass is 9.96. The minimum absolute atomic E-state index is 0.291. The van der Waals surface area contributed by atoms with E-state index in [1.807, 2.05) is 6.92 Å². The van der Waals surface area contributed by atoms with Gasteiger partial charge in [-0.15, -0.1) is 0 Å². The molecular formula is C14H24N2O. The molecule has 1 N–H and O–H groups in total. The van der Waals surface area contributed by atoms with Gasteiger partial charge in [0.05, 0.1) is 0 Å². The maximum atomic E-state index is 12.5. The molecule has 96 valence electrons. The molecular weight excluding hydrogens is 212 g/mol. The van der Waals surface area contributed by atoms with Gasteiger partial charge in [0.1, 0.15) is 0 Å². The zero-order chi connectivity index (χ0) is 12.3. The summed E-state index contributed by atoms with van der Waals surface area (Å²) < 4.78 is 0. The van der Waals surface area contributed by atoms with Gasteiger partial charge < -0.3 is 10.2 Å². The Kier molecular flexibility index (Phi) is 4.21. The third-order valence-electron chi connectivity index (χ3n) is 4.04. The molecule has 0 aromatic heterocycles. The van der Waals surface area contributed by atoms with E-state index in [9.17, 15) is 4.79 Å². The van der Waals surface area contributed by atoms with Gasteiger partial charge in [0, 0.05) is 31.2 Å². The first-order chi connectivity index (χ1) is 8.24. The first-order valence-electron chi connectivity index (χ1n) is 6.94. The molecule has 17 heavy (non-hydrogen) atoms. The average Bonchev–Trinajstić information content (AvgIpc) is 2.27. The van der Waals surface area contributed by atoms with Gasteiger partial charge in [0.15, 0.2) is 0 Å². The van der Waals surface area contributed by atoms with Crippen LogP contribution in [-0.2, 0) is 4.79 Å². The highest BCUT2D eigenvalue weighted by Gasteiger charge is 2.28. The summed E-state index contributed by atoms with van der Waals surface area (Å²) in [5, 5.41) is 3.21. The molecule has 0 aromatic rings. The van der Waals surface area contributed by atoms with Crippen molar-refractivity contribution < 1.29 is 4.79 Å². The first kappa shape index (κ1) is 12.6. The number of amides is 1. The molecule has 3 nitrogen and oxygen atoms in total. The predicted molar refractivity (Wildman–Crippen MR) is 69.8 cm³/mol. The van der Waals surface area contributed by atoms with E-state index in [2.05, 4.69) is 17.1 Å². The molecule has 2 fully saturated rings. The lowest BCUT2D eigenvalue weighted by Gasteiger charge is -2.37. The molecule has 2 rings (SSSR count). The van der Waals surface area contributed by atoms with Gasteiger partial charge in [-0.1, -0.05) is 13.3 Å². The van der Waals surface area contributed by atoms with Crippen LogP contribution in [0.1, 0.15) is 46.0 Å². The van der Waals surface area contributed by atoms with E-state index in [0.29, 0.717) is 11.9 Å². The summed E-state index contributed by atoms with van der Waals surface area (Å²) in [7, 11) is 0. The van der Waals surface area contributed by atoms with Crippen molar-refractivity contribution in [2.45, 2.75) is 52.0 Å². The van der Waals surface area contributed by atoms with Gasteiger partial charge in [0.2, 0.25) is 5.91 Å². The fraction of sp³-hybridized carbons (Fsp3) is 0.786. The van der Waals surface area contributed by atoms with Gasteiger partial charge in [-0.25, -0.2) is 0 Å². The largest absolute Gasteiger partial charge is 0.336 e. The molecule has 0 aromatic carbocycles. The molecule has 2 aliphatic rings. The van der Waals surface area contributed by atoms with Gasteiger partial charge in [0.25, 0.3) is 0 Å². The van der Waals surface area contributed by atoms with Crippen molar-refractivity contribution in [3.8, 4) is 0 Å². The molecule has 2 saturated heterocycles. The van der Waals surface area contributed by atoms with Crippen LogP contribution in [0.5, 0.6) is 0 Å². The number of nitrogens with zero attached hydrogens (tertiary/aromatic N) is 1. The van der Waals surface area contributed by atoms with Gasteiger partial charge >= 0.3 is 0 Å². The van der Waals surface area contributed by atoms with E-state index in [1.54, 1.807) is 0 Å². The van der Waals surface area contributed by atoms with Crippen LogP contribution in [-0.4, -0.2) is 36.5 Å². The Morgan fingerprint density at radius 1 is 1.41 bits per heavy atom. The number of carbonyl (C=O) groups is 1. The summed E-state index contributed by atoms with van der Waals surface area (Å²) in [5.41, 5.74) is 2.29. The molecule has 0 radical (unpaired) electrons. The number of carbonyl (C=O) groups excluding carboxylic acids is 1. The van der Waals surface area contributed by atoms with Crippen molar-refractivity contribution >= 4 is 5.91 Å². The summed E-state index contributed by atoms with van der Waals surface area (Å²) >= 11 is 0. The Balaban J connectivity index is 2.05. The van der Waals surface area contributed by atoms with Crippen LogP contribution in [0.25, 0.3) is 0 Å². The molecule has 0 saturated carbocycles. The standard InChI is InChI=1S/C14H24N2O/c1-3-6-13-7-4-5-8-16(13)14(17)11(2)12-9-15-10-12/h13,15H,3-10H2,1-2H3. The molecule has 2 aliphatic heterocycles. The Bertz CT molecular complexity index is 314. The van der Waals surface area contributed by atoms with Crippen LogP contribution in [0.2, 0.25) is 0 Å². The highest BCUT2D eigenvalue weighted by atomic mass is 16.2. The zero-order valence-electron chi connectivity index (χ0n) is 11.1. The number of hydrogen-bond donors (Lipinski definition) is 1. The summed E-state index contributed by atoms with van der Waals surface area (Å²) in [4.78, 5) is 14.6. The van der Waals surface area contributed by atoms with Crippen LogP contribution in [0, 0.1) is 0 Å². The summed E-state index contributed by atoms with van der Waals surface area (Å²) in [6, 6.07) is 0.491. The van der Waals surface area contributed by atoms with Crippen molar-refractivity contribution in [2.75, 3.05) is 19.6 Å². The fourth-order valence-corrected chi connectivity index (χ4v) is 2.78. The fourth-order valence-electron chi connectivity index (χ4n) is 2.78. The topological polar surface area (TPSA) is 32.3 Å². The maximum Gasteiger partial charge on any atom is 0.249 e. The van der Waals surface area contributed by atoms with Gasteiger partial charge in [-0.3, -0.25) is 4.79 Å². The van der Waals surface area contributed by atoms with Crippen molar-refractivity contribution in [3.05, 3.63) is 11.1 Å². The molecule has 2 heterocycles. The van der Waals surface area contributed by atoms with Gasteiger partial charge in [-0.2, -0.15) is 0 Å². The highest BCUT2D eigenvalue weighted by molar-refractivity contribution is 5.94. The molecule has 0 bridgehead atoms. The minimum Gasteiger partial charge on any atom is -0.336 e. The quantitative estimate of drug-likeness (QED) is 0.761. The monoisotopic (exact) mass is 236 g/mol.